The Labute approximate surface area is 160 Å². The topological polar surface area (TPSA) is 52.3 Å². The van der Waals surface area contributed by atoms with Crippen molar-refractivity contribution in [2.45, 2.75) is 62.4 Å². The van der Waals surface area contributed by atoms with Crippen molar-refractivity contribution in [2.24, 2.45) is 5.92 Å². The van der Waals surface area contributed by atoms with E-state index in [-0.39, 0.29) is 6.10 Å². The van der Waals surface area contributed by atoms with Gasteiger partial charge in [0.2, 0.25) is 0 Å². The van der Waals surface area contributed by atoms with E-state index in [1.54, 1.807) is 34.9 Å². The van der Waals surface area contributed by atoms with E-state index in [9.17, 15) is 0 Å². The minimum absolute atomic E-state index is 0.262. The maximum absolute atomic E-state index is 6.05. The van der Waals surface area contributed by atoms with Gasteiger partial charge in [-0.15, -0.1) is 21.5 Å². The summed E-state index contributed by atoms with van der Waals surface area (Å²) in [5.41, 5.74) is 2.31. The standard InChI is InChI=1S/C17H22N4OS3/c1-8(2)11-6-10-12(7-22-11)25-15-13(10)14-19-20-17(24-9(3)4)21(14)16(18-15)23-5/h8-9,11H,6-7H2,1-5H3/t11-/m1/s1. The van der Waals surface area contributed by atoms with Crippen LogP contribution in [0.2, 0.25) is 0 Å². The lowest BCUT2D eigenvalue weighted by molar-refractivity contribution is 0.00203. The molecule has 8 heteroatoms. The lowest BCUT2D eigenvalue weighted by atomic mass is 9.96. The summed E-state index contributed by atoms with van der Waals surface area (Å²) in [4.78, 5) is 7.28. The van der Waals surface area contributed by atoms with Gasteiger partial charge in [-0.2, -0.15) is 0 Å². The molecule has 0 aromatic carbocycles. The van der Waals surface area contributed by atoms with Crippen molar-refractivity contribution in [1.29, 1.82) is 0 Å². The molecule has 0 saturated carbocycles. The number of nitrogens with zero attached hydrogens (tertiary/aromatic N) is 4. The molecule has 0 bridgehead atoms. The van der Waals surface area contributed by atoms with Gasteiger partial charge in [-0.1, -0.05) is 51.2 Å². The Morgan fingerprint density at radius 1 is 1.20 bits per heavy atom. The molecular weight excluding hydrogens is 372 g/mol. The maximum atomic E-state index is 6.05. The van der Waals surface area contributed by atoms with Crippen molar-refractivity contribution in [2.75, 3.05) is 6.26 Å². The Kier molecular flexibility index (Phi) is 4.72. The second-order valence-electron chi connectivity index (χ2n) is 6.89. The van der Waals surface area contributed by atoms with Crippen LogP contribution in [0.5, 0.6) is 0 Å². The van der Waals surface area contributed by atoms with Crippen molar-refractivity contribution in [3.05, 3.63) is 10.4 Å². The van der Waals surface area contributed by atoms with Crippen molar-refractivity contribution in [1.82, 2.24) is 19.6 Å². The lowest BCUT2D eigenvalue weighted by Crippen LogP contribution is -2.26. The summed E-state index contributed by atoms with van der Waals surface area (Å²) in [7, 11) is 0. The fourth-order valence-electron chi connectivity index (χ4n) is 3.18. The van der Waals surface area contributed by atoms with E-state index in [1.165, 1.54) is 15.8 Å². The molecule has 4 heterocycles. The number of thioether (sulfide) groups is 2. The highest BCUT2D eigenvalue weighted by Gasteiger charge is 2.29. The number of rotatable bonds is 4. The van der Waals surface area contributed by atoms with Crippen LogP contribution in [0.1, 0.15) is 38.1 Å². The molecule has 1 aliphatic rings. The third kappa shape index (κ3) is 2.97. The molecule has 1 atom stereocenters. The molecule has 0 saturated heterocycles. The van der Waals surface area contributed by atoms with Crippen LogP contribution in [0.25, 0.3) is 15.9 Å². The highest BCUT2D eigenvalue weighted by atomic mass is 32.2. The van der Waals surface area contributed by atoms with E-state index in [1.807, 2.05) is 0 Å². The van der Waals surface area contributed by atoms with Crippen molar-refractivity contribution in [3.63, 3.8) is 0 Å². The van der Waals surface area contributed by atoms with E-state index in [2.05, 4.69) is 48.5 Å². The first-order chi connectivity index (χ1) is 12.0. The zero-order chi connectivity index (χ0) is 17.7. The second kappa shape index (κ2) is 6.72. The third-order valence-electron chi connectivity index (χ3n) is 4.42. The van der Waals surface area contributed by atoms with Gasteiger partial charge in [0.1, 0.15) is 4.83 Å². The minimum atomic E-state index is 0.262. The number of ether oxygens (including phenoxy) is 1. The third-order valence-corrected chi connectivity index (χ3v) is 7.10. The van der Waals surface area contributed by atoms with E-state index in [0.29, 0.717) is 17.8 Å². The van der Waals surface area contributed by atoms with Crippen molar-refractivity contribution in [3.8, 4) is 0 Å². The van der Waals surface area contributed by atoms with Crippen molar-refractivity contribution >= 4 is 50.7 Å². The molecule has 0 aliphatic carbocycles. The summed E-state index contributed by atoms with van der Waals surface area (Å²) in [6.45, 7) is 9.47. The zero-order valence-corrected chi connectivity index (χ0v) is 17.5. The van der Waals surface area contributed by atoms with E-state index >= 15 is 0 Å². The van der Waals surface area contributed by atoms with Gasteiger partial charge in [0.15, 0.2) is 16.0 Å². The summed E-state index contributed by atoms with van der Waals surface area (Å²) in [5.74, 6) is 0.502. The molecule has 0 radical (unpaired) electrons. The zero-order valence-electron chi connectivity index (χ0n) is 15.1. The second-order valence-corrected chi connectivity index (χ2v) is 10.3. The van der Waals surface area contributed by atoms with E-state index < -0.39 is 0 Å². The molecule has 134 valence electrons. The van der Waals surface area contributed by atoms with Crippen LogP contribution in [0, 0.1) is 5.92 Å². The highest BCUT2D eigenvalue weighted by Crippen LogP contribution is 2.40. The van der Waals surface area contributed by atoms with Crippen molar-refractivity contribution < 1.29 is 4.74 Å². The summed E-state index contributed by atoms with van der Waals surface area (Å²) in [6.07, 6.45) is 3.25. The van der Waals surface area contributed by atoms with Gasteiger partial charge in [-0.3, -0.25) is 0 Å². The number of fused-ring (bicyclic) bond motifs is 5. The summed E-state index contributed by atoms with van der Waals surface area (Å²) < 4.78 is 8.18. The van der Waals surface area contributed by atoms with Crippen LogP contribution >= 0.6 is 34.9 Å². The SMILES string of the molecule is CSc1nc2sc3c(c2c2nnc(SC(C)C)n12)C[C@H](C(C)C)OC3. The first-order valence-electron chi connectivity index (χ1n) is 8.51. The monoisotopic (exact) mass is 394 g/mol. The average molecular weight is 395 g/mol. The molecule has 0 unspecified atom stereocenters. The molecule has 0 amide bonds. The minimum Gasteiger partial charge on any atom is -0.372 e. The first kappa shape index (κ1) is 17.6. The predicted octanol–water partition coefficient (Wildman–Crippen LogP) is 4.66. The van der Waals surface area contributed by atoms with Gasteiger partial charge in [-0.05, 0) is 17.7 Å². The molecule has 0 N–H and O–H groups in total. The first-order valence-corrected chi connectivity index (χ1v) is 11.4. The van der Waals surface area contributed by atoms with Gasteiger partial charge in [0.25, 0.3) is 0 Å². The lowest BCUT2D eigenvalue weighted by Gasteiger charge is -2.26. The van der Waals surface area contributed by atoms with Gasteiger partial charge in [0.05, 0.1) is 18.1 Å². The van der Waals surface area contributed by atoms with Crippen LogP contribution in [-0.4, -0.2) is 37.2 Å². The fourth-order valence-corrected chi connectivity index (χ4v) is 5.74. The van der Waals surface area contributed by atoms with Crippen LogP contribution in [-0.2, 0) is 17.8 Å². The maximum Gasteiger partial charge on any atom is 0.197 e. The van der Waals surface area contributed by atoms with Gasteiger partial charge < -0.3 is 4.74 Å². The smallest absolute Gasteiger partial charge is 0.197 e. The Morgan fingerprint density at radius 3 is 2.68 bits per heavy atom. The average Bonchev–Trinajstić information content (AvgIpc) is 3.13. The highest BCUT2D eigenvalue weighted by molar-refractivity contribution is 8.00. The van der Waals surface area contributed by atoms with Crippen LogP contribution < -0.4 is 0 Å². The normalized spacial score (nSPS) is 18.0. The van der Waals surface area contributed by atoms with Gasteiger partial charge in [0, 0.05) is 16.5 Å². The molecular formula is C17H22N4OS3. The Morgan fingerprint density at radius 2 is 2.00 bits per heavy atom. The molecule has 1 aliphatic heterocycles. The summed E-state index contributed by atoms with van der Waals surface area (Å²) >= 11 is 5.12. The molecule has 4 rings (SSSR count). The molecule has 3 aromatic rings. The van der Waals surface area contributed by atoms with Crippen LogP contribution in [0.4, 0.5) is 0 Å². The van der Waals surface area contributed by atoms with Gasteiger partial charge >= 0.3 is 0 Å². The Bertz CT molecular complexity index is 931. The quantitative estimate of drug-likeness (QED) is 0.474. The number of hydrogen-bond acceptors (Lipinski definition) is 7. The molecule has 25 heavy (non-hydrogen) atoms. The fraction of sp³-hybridized carbons (Fsp3) is 0.588. The molecule has 5 nitrogen and oxygen atoms in total. The summed E-state index contributed by atoms with van der Waals surface area (Å²) in [6, 6.07) is 0. The number of hydrogen-bond donors (Lipinski definition) is 0. The van der Waals surface area contributed by atoms with E-state index in [4.69, 9.17) is 9.72 Å². The Hall–Kier alpha value is -0.830. The molecule has 3 aromatic heterocycles. The number of thiophene rings is 1. The Balaban J connectivity index is 1.96. The molecule has 0 spiro atoms. The molecule has 0 fully saturated rings. The summed E-state index contributed by atoms with van der Waals surface area (Å²) in [5, 5.41) is 12.5. The van der Waals surface area contributed by atoms with Crippen LogP contribution in [0.3, 0.4) is 0 Å². The predicted molar refractivity (Wildman–Crippen MR) is 106 cm³/mol. The van der Waals surface area contributed by atoms with Gasteiger partial charge in [-0.25, -0.2) is 9.38 Å². The van der Waals surface area contributed by atoms with Crippen LogP contribution in [0.15, 0.2) is 10.3 Å². The number of aromatic nitrogens is 4. The largest absolute Gasteiger partial charge is 0.372 e. The van der Waals surface area contributed by atoms with E-state index in [0.717, 1.165) is 27.2 Å².